The number of carbonyl (C=O) groups is 1. The van der Waals surface area contributed by atoms with Crippen molar-refractivity contribution in [2.75, 3.05) is 0 Å². The maximum absolute atomic E-state index is 12.9. The molecule has 0 aliphatic heterocycles. The number of furan rings is 1. The van der Waals surface area contributed by atoms with Gasteiger partial charge in [0.1, 0.15) is 17.8 Å². The first kappa shape index (κ1) is 17.0. The Morgan fingerprint density at radius 1 is 1.22 bits per heavy atom. The predicted octanol–water partition coefficient (Wildman–Crippen LogP) is 3.14. The van der Waals surface area contributed by atoms with Gasteiger partial charge in [-0.3, -0.25) is 4.79 Å². The lowest BCUT2D eigenvalue weighted by Gasteiger charge is -2.14. The molecule has 27 heavy (non-hydrogen) atoms. The Bertz CT molecular complexity index is 1040. The van der Waals surface area contributed by atoms with Gasteiger partial charge in [0.15, 0.2) is 0 Å². The fourth-order valence-electron chi connectivity index (χ4n) is 2.91. The van der Waals surface area contributed by atoms with Crippen LogP contribution in [0.15, 0.2) is 65.5 Å². The van der Waals surface area contributed by atoms with Gasteiger partial charge in [0.2, 0.25) is 0 Å². The Balaban J connectivity index is 1.56. The van der Waals surface area contributed by atoms with Crippen molar-refractivity contribution in [1.82, 2.24) is 24.9 Å². The Labute approximate surface area is 156 Å². The molecule has 1 aromatic carbocycles. The second-order valence-corrected chi connectivity index (χ2v) is 6.36. The first-order valence-electron chi connectivity index (χ1n) is 8.80. The van der Waals surface area contributed by atoms with Crippen LogP contribution >= 0.6 is 0 Å². The molecular weight excluding hydrogens is 342 g/mol. The highest BCUT2D eigenvalue weighted by Gasteiger charge is 2.17. The number of amides is 1. The van der Waals surface area contributed by atoms with Crippen LogP contribution in [0.1, 0.15) is 29.6 Å². The molecule has 0 radical (unpaired) electrons. The quantitative estimate of drug-likeness (QED) is 0.570. The predicted molar refractivity (Wildman–Crippen MR) is 100 cm³/mol. The Morgan fingerprint density at radius 2 is 2.07 bits per heavy atom. The molecule has 0 bridgehead atoms. The number of nitrogens with zero attached hydrogens (tertiary/aromatic N) is 4. The fraction of sp³-hybridized carbons (Fsp3) is 0.200. The molecule has 1 atom stereocenters. The van der Waals surface area contributed by atoms with E-state index in [1.807, 2.05) is 49.4 Å². The maximum atomic E-state index is 12.9. The van der Waals surface area contributed by atoms with Crippen molar-refractivity contribution >= 4 is 11.7 Å². The summed E-state index contributed by atoms with van der Waals surface area (Å²) in [4.78, 5) is 21.5. The van der Waals surface area contributed by atoms with Crippen molar-refractivity contribution in [3.05, 3.63) is 72.6 Å². The summed E-state index contributed by atoms with van der Waals surface area (Å²) in [5.74, 6) is 1.09. The highest BCUT2D eigenvalue weighted by molar-refractivity contribution is 5.94. The van der Waals surface area contributed by atoms with Gasteiger partial charge < -0.3 is 9.73 Å². The number of benzene rings is 1. The molecule has 0 aliphatic rings. The van der Waals surface area contributed by atoms with Crippen LogP contribution in [0.5, 0.6) is 0 Å². The largest absolute Gasteiger partial charge is 0.469 e. The van der Waals surface area contributed by atoms with Crippen LogP contribution < -0.4 is 5.32 Å². The number of fused-ring (bicyclic) bond motifs is 1. The molecule has 0 spiro atoms. The average molecular weight is 361 g/mol. The van der Waals surface area contributed by atoms with E-state index in [4.69, 9.17) is 4.42 Å². The van der Waals surface area contributed by atoms with E-state index in [2.05, 4.69) is 20.4 Å². The number of rotatable bonds is 6. The minimum absolute atomic E-state index is 0.0190. The molecule has 0 aliphatic carbocycles. The van der Waals surface area contributed by atoms with Gasteiger partial charge in [-0.2, -0.15) is 14.6 Å². The number of hydrogen-bond donors (Lipinski definition) is 1. The lowest BCUT2D eigenvalue weighted by Crippen LogP contribution is -2.34. The summed E-state index contributed by atoms with van der Waals surface area (Å²) >= 11 is 0. The van der Waals surface area contributed by atoms with Crippen molar-refractivity contribution in [2.24, 2.45) is 0 Å². The zero-order valence-electron chi connectivity index (χ0n) is 14.9. The minimum atomic E-state index is -0.211. The van der Waals surface area contributed by atoms with Gasteiger partial charge in [-0.25, -0.2) is 4.98 Å². The van der Waals surface area contributed by atoms with E-state index in [1.165, 1.54) is 10.8 Å². The topological polar surface area (TPSA) is 85.3 Å². The van der Waals surface area contributed by atoms with E-state index in [0.717, 1.165) is 24.2 Å². The van der Waals surface area contributed by atoms with Gasteiger partial charge in [-0.05, 0) is 31.5 Å². The van der Waals surface area contributed by atoms with Crippen LogP contribution in [0.3, 0.4) is 0 Å². The van der Waals surface area contributed by atoms with Crippen LogP contribution in [-0.4, -0.2) is 31.5 Å². The fourth-order valence-corrected chi connectivity index (χ4v) is 2.91. The third-order valence-electron chi connectivity index (χ3n) is 4.34. The monoisotopic (exact) mass is 361 g/mol. The number of aryl methyl sites for hydroxylation is 1. The summed E-state index contributed by atoms with van der Waals surface area (Å²) in [5, 5.41) is 7.16. The van der Waals surface area contributed by atoms with E-state index in [9.17, 15) is 4.79 Å². The summed E-state index contributed by atoms with van der Waals surface area (Å²) in [6.45, 7) is 1.97. The van der Waals surface area contributed by atoms with E-state index in [-0.39, 0.29) is 11.9 Å². The summed E-state index contributed by atoms with van der Waals surface area (Å²) in [6.07, 6.45) is 4.59. The van der Waals surface area contributed by atoms with Gasteiger partial charge in [0.25, 0.3) is 11.7 Å². The van der Waals surface area contributed by atoms with Crippen molar-refractivity contribution in [3.63, 3.8) is 0 Å². The molecule has 4 aromatic rings. The van der Waals surface area contributed by atoms with Gasteiger partial charge in [-0.1, -0.05) is 30.3 Å². The molecule has 7 heteroatoms. The lowest BCUT2D eigenvalue weighted by atomic mass is 10.1. The van der Waals surface area contributed by atoms with E-state index < -0.39 is 0 Å². The zero-order valence-corrected chi connectivity index (χ0v) is 14.9. The highest BCUT2D eigenvalue weighted by atomic mass is 16.3. The molecule has 0 saturated carbocycles. The second kappa shape index (κ2) is 7.41. The molecular formula is C20H19N5O2. The van der Waals surface area contributed by atoms with Gasteiger partial charge in [-0.15, -0.1) is 0 Å². The number of aromatic nitrogens is 4. The van der Waals surface area contributed by atoms with Crippen LogP contribution in [0.25, 0.3) is 17.0 Å². The Hall–Kier alpha value is -3.48. The number of nitrogens with one attached hydrogen (secondary N) is 1. The first-order chi connectivity index (χ1) is 13.2. The summed E-state index contributed by atoms with van der Waals surface area (Å²) in [5.41, 5.74) is 2.01. The molecule has 136 valence electrons. The van der Waals surface area contributed by atoms with Crippen LogP contribution in [0.4, 0.5) is 0 Å². The smallest absolute Gasteiger partial charge is 0.270 e. The molecule has 0 unspecified atom stereocenters. The van der Waals surface area contributed by atoms with Crippen molar-refractivity contribution in [2.45, 2.75) is 25.8 Å². The average Bonchev–Trinajstić information content (AvgIpc) is 3.37. The standard InChI is InChI=1S/C20H19N5O2/c1-14(9-10-16-8-5-11-27-16)23-19(26)18-12-17(15-6-3-2-4-7-15)24-20-21-13-22-25(18)20/h2-8,11-14H,9-10H2,1H3,(H,23,26)/t14-/m0/s1. The third-order valence-corrected chi connectivity index (χ3v) is 4.34. The molecule has 3 aromatic heterocycles. The first-order valence-corrected chi connectivity index (χ1v) is 8.80. The SMILES string of the molecule is C[C@@H](CCc1ccco1)NC(=O)c1cc(-c2ccccc2)nc2ncnn12. The molecule has 4 rings (SSSR count). The molecule has 1 N–H and O–H groups in total. The van der Waals surface area contributed by atoms with Gasteiger partial charge in [0.05, 0.1) is 12.0 Å². The van der Waals surface area contributed by atoms with Crippen molar-refractivity contribution in [3.8, 4) is 11.3 Å². The van der Waals surface area contributed by atoms with Gasteiger partial charge in [0, 0.05) is 18.0 Å². The van der Waals surface area contributed by atoms with Gasteiger partial charge >= 0.3 is 0 Å². The summed E-state index contributed by atoms with van der Waals surface area (Å²) < 4.78 is 6.80. The second-order valence-electron chi connectivity index (χ2n) is 6.36. The highest BCUT2D eigenvalue weighted by Crippen LogP contribution is 2.19. The van der Waals surface area contributed by atoms with Crippen LogP contribution in [-0.2, 0) is 6.42 Å². The Morgan fingerprint density at radius 3 is 2.85 bits per heavy atom. The number of carbonyl (C=O) groups excluding carboxylic acids is 1. The van der Waals surface area contributed by atoms with Crippen LogP contribution in [0.2, 0.25) is 0 Å². The maximum Gasteiger partial charge on any atom is 0.270 e. The van der Waals surface area contributed by atoms with Crippen LogP contribution in [0, 0.1) is 0 Å². The summed E-state index contributed by atoms with van der Waals surface area (Å²) in [6, 6.07) is 15.2. The van der Waals surface area contributed by atoms with E-state index in [0.29, 0.717) is 17.2 Å². The molecule has 0 fully saturated rings. The Kier molecular flexibility index (Phi) is 4.65. The summed E-state index contributed by atoms with van der Waals surface area (Å²) in [7, 11) is 0. The minimum Gasteiger partial charge on any atom is -0.469 e. The van der Waals surface area contributed by atoms with E-state index in [1.54, 1.807) is 12.3 Å². The normalized spacial score (nSPS) is 12.2. The van der Waals surface area contributed by atoms with Crippen molar-refractivity contribution in [1.29, 1.82) is 0 Å². The zero-order chi connectivity index (χ0) is 18.6. The lowest BCUT2D eigenvalue weighted by molar-refractivity contribution is 0.0930. The van der Waals surface area contributed by atoms with E-state index >= 15 is 0 Å². The third kappa shape index (κ3) is 3.72. The number of hydrogen-bond acceptors (Lipinski definition) is 5. The molecule has 7 nitrogen and oxygen atoms in total. The molecule has 0 saturated heterocycles. The van der Waals surface area contributed by atoms with Crippen molar-refractivity contribution < 1.29 is 9.21 Å². The molecule has 3 heterocycles. The molecule has 1 amide bonds.